The third kappa shape index (κ3) is 2.59. The van der Waals surface area contributed by atoms with E-state index in [0.717, 1.165) is 14.2 Å². The van der Waals surface area contributed by atoms with Crippen LogP contribution in [0.1, 0.15) is 22.1 Å². The van der Waals surface area contributed by atoms with Crippen LogP contribution in [-0.2, 0) is 0 Å². The summed E-state index contributed by atoms with van der Waals surface area (Å²) in [4.78, 5) is 28.4. The minimum atomic E-state index is -0.778. The van der Waals surface area contributed by atoms with E-state index in [9.17, 15) is 14.7 Å². The fraction of sp³-hybridized carbons (Fsp3) is 0.143. The van der Waals surface area contributed by atoms with Gasteiger partial charge in [0.05, 0.1) is 14.8 Å². The molecule has 108 valence electrons. The lowest BCUT2D eigenvalue weighted by atomic mass is 10.1. The molecule has 2 heterocycles. The predicted octanol–water partition coefficient (Wildman–Crippen LogP) is 2.43. The largest absolute Gasteiger partial charge is 0.383 e. The fourth-order valence-corrected chi connectivity index (χ4v) is 3.67. The summed E-state index contributed by atoms with van der Waals surface area (Å²) >= 11 is 4.90. The van der Waals surface area contributed by atoms with Gasteiger partial charge in [0.2, 0.25) is 0 Å². The molecule has 0 spiro atoms. The van der Waals surface area contributed by atoms with Gasteiger partial charge in [-0.15, -0.1) is 11.3 Å². The van der Waals surface area contributed by atoms with Crippen LogP contribution in [-0.4, -0.2) is 15.1 Å². The molecule has 1 atom stereocenters. The van der Waals surface area contributed by atoms with Crippen LogP contribution in [0.3, 0.4) is 0 Å². The van der Waals surface area contributed by atoms with Crippen LogP contribution in [0, 0.1) is 6.92 Å². The second-order valence-electron chi connectivity index (χ2n) is 4.72. The summed E-state index contributed by atoms with van der Waals surface area (Å²) in [5, 5.41) is 10.4. The maximum absolute atomic E-state index is 11.4. The van der Waals surface area contributed by atoms with Crippen LogP contribution in [0.5, 0.6) is 0 Å². The van der Waals surface area contributed by atoms with E-state index in [1.807, 2.05) is 13.0 Å². The van der Waals surface area contributed by atoms with Crippen molar-refractivity contribution in [2.24, 2.45) is 0 Å². The molecule has 0 aliphatic rings. The minimum Gasteiger partial charge on any atom is -0.383 e. The van der Waals surface area contributed by atoms with Gasteiger partial charge in [0.1, 0.15) is 6.10 Å². The molecular weight excluding hydrogens is 356 g/mol. The molecule has 21 heavy (non-hydrogen) atoms. The van der Waals surface area contributed by atoms with Crippen molar-refractivity contribution in [3.05, 3.63) is 64.8 Å². The van der Waals surface area contributed by atoms with Gasteiger partial charge in [-0.25, -0.2) is 0 Å². The minimum absolute atomic E-state index is 0.489. The van der Waals surface area contributed by atoms with E-state index >= 15 is 0 Å². The molecule has 0 radical (unpaired) electrons. The van der Waals surface area contributed by atoms with Crippen molar-refractivity contribution in [2.75, 3.05) is 0 Å². The highest BCUT2D eigenvalue weighted by molar-refractivity contribution is 9.11. The van der Waals surface area contributed by atoms with Gasteiger partial charge < -0.3 is 15.1 Å². The molecule has 0 aliphatic heterocycles. The third-order valence-electron chi connectivity index (χ3n) is 3.21. The highest BCUT2D eigenvalue weighted by atomic mass is 79.9. The zero-order chi connectivity index (χ0) is 15.1. The first-order valence-electron chi connectivity index (χ1n) is 6.16. The number of hydrogen-bond acceptors (Lipinski definition) is 4. The van der Waals surface area contributed by atoms with Crippen LogP contribution in [0.25, 0.3) is 11.0 Å². The summed E-state index contributed by atoms with van der Waals surface area (Å²) < 4.78 is 0.982. The average molecular weight is 367 g/mol. The van der Waals surface area contributed by atoms with Gasteiger partial charge in [0, 0.05) is 4.88 Å². The number of thiophene rings is 1. The molecule has 5 nitrogen and oxygen atoms in total. The van der Waals surface area contributed by atoms with E-state index < -0.39 is 17.2 Å². The summed E-state index contributed by atoms with van der Waals surface area (Å²) in [6.45, 7) is 1.96. The van der Waals surface area contributed by atoms with Gasteiger partial charge in [-0.1, -0.05) is 6.07 Å². The van der Waals surface area contributed by atoms with Crippen LogP contribution in [0.15, 0.2) is 37.6 Å². The standard InChI is InChI=1S/C14H11BrN2O3S/c1-6-4-10(21-12(6)15)11(18)7-2-3-8-9(5-7)17-14(20)13(19)16-8/h2-5,11,18H,1H3,(H,16,19)(H,17,20). The molecule has 0 fully saturated rings. The normalized spacial score (nSPS) is 12.7. The van der Waals surface area contributed by atoms with E-state index in [2.05, 4.69) is 25.9 Å². The third-order valence-corrected chi connectivity index (χ3v) is 5.40. The SMILES string of the molecule is Cc1cc(C(O)c2ccc3[nH]c(=O)c(=O)[nH]c3c2)sc1Br. The van der Waals surface area contributed by atoms with Crippen molar-refractivity contribution in [3.63, 3.8) is 0 Å². The Balaban J connectivity index is 2.10. The van der Waals surface area contributed by atoms with E-state index in [-0.39, 0.29) is 0 Å². The number of fused-ring (bicyclic) bond motifs is 1. The van der Waals surface area contributed by atoms with E-state index in [1.165, 1.54) is 11.3 Å². The number of aromatic nitrogens is 2. The van der Waals surface area contributed by atoms with Crippen molar-refractivity contribution < 1.29 is 5.11 Å². The van der Waals surface area contributed by atoms with Gasteiger partial charge >= 0.3 is 11.1 Å². The molecule has 0 bridgehead atoms. The summed E-state index contributed by atoms with van der Waals surface area (Å²) in [7, 11) is 0. The lowest BCUT2D eigenvalue weighted by Crippen LogP contribution is -2.28. The molecule has 3 aromatic rings. The first-order chi connectivity index (χ1) is 9.95. The van der Waals surface area contributed by atoms with Crippen LogP contribution >= 0.6 is 27.3 Å². The van der Waals surface area contributed by atoms with Gasteiger partial charge in [-0.05, 0) is 52.2 Å². The Morgan fingerprint density at radius 3 is 2.43 bits per heavy atom. The molecular formula is C14H11BrN2O3S. The molecule has 1 unspecified atom stereocenters. The van der Waals surface area contributed by atoms with Gasteiger partial charge in [0.25, 0.3) is 0 Å². The van der Waals surface area contributed by atoms with Crippen molar-refractivity contribution in [1.29, 1.82) is 0 Å². The fourth-order valence-electron chi connectivity index (χ4n) is 2.09. The topological polar surface area (TPSA) is 85.9 Å². The zero-order valence-electron chi connectivity index (χ0n) is 10.9. The average Bonchev–Trinajstić information content (AvgIpc) is 2.79. The highest BCUT2D eigenvalue weighted by Gasteiger charge is 2.15. The molecule has 0 amide bonds. The number of hydrogen-bond donors (Lipinski definition) is 3. The predicted molar refractivity (Wildman–Crippen MR) is 86.0 cm³/mol. The number of benzene rings is 1. The number of aliphatic hydroxyl groups excluding tert-OH is 1. The number of H-pyrrole nitrogens is 2. The Labute approximate surface area is 131 Å². The maximum atomic E-state index is 11.4. The van der Waals surface area contributed by atoms with Crippen molar-refractivity contribution in [3.8, 4) is 0 Å². The molecule has 2 aromatic heterocycles. The van der Waals surface area contributed by atoms with Gasteiger partial charge in [-0.3, -0.25) is 9.59 Å². The van der Waals surface area contributed by atoms with Crippen molar-refractivity contribution in [2.45, 2.75) is 13.0 Å². The number of halogens is 1. The molecule has 0 saturated carbocycles. The quantitative estimate of drug-likeness (QED) is 0.608. The first-order valence-corrected chi connectivity index (χ1v) is 7.77. The lowest BCUT2D eigenvalue weighted by molar-refractivity contribution is 0.224. The van der Waals surface area contributed by atoms with Gasteiger partial charge in [0.15, 0.2) is 0 Å². The smallest absolute Gasteiger partial charge is 0.314 e. The van der Waals surface area contributed by atoms with Crippen molar-refractivity contribution >= 4 is 38.3 Å². The van der Waals surface area contributed by atoms with E-state index in [0.29, 0.717) is 16.6 Å². The summed E-state index contributed by atoms with van der Waals surface area (Å²) in [5.41, 5.74) is 1.34. The molecule has 3 rings (SSSR count). The van der Waals surface area contributed by atoms with Gasteiger partial charge in [-0.2, -0.15) is 0 Å². The Kier molecular flexibility index (Phi) is 3.56. The summed E-state index contributed by atoms with van der Waals surface area (Å²) in [6, 6.07) is 6.98. The Hall–Kier alpha value is -1.70. The Morgan fingerprint density at radius 2 is 1.81 bits per heavy atom. The second kappa shape index (κ2) is 5.25. The highest BCUT2D eigenvalue weighted by Crippen LogP contribution is 2.34. The second-order valence-corrected chi connectivity index (χ2v) is 7.12. The monoisotopic (exact) mass is 366 g/mol. The summed E-state index contributed by atoms with van der Waals surface area (Å²) in [5.74, 6) is 0. The van der Waals surface area contributed by atoms with Crippen LogP contribution in [0.2, 0.25) is 0 Å². The Bertz CT molecular complexity index is 922. The number of rotatable bonds is 2. The molecule has 1 aromatic carbocycles. The van der Waals surface area contributed by atoms with E-state index in [4.69, 9.17) is 0 Å². The molecule has 7 heteroatoms. The number of aryl methyl sites for hydroxylation is 1. The van der Waals surface area contributed by atoms with E-state index in [1.54, 1.807) is 18.2 Å². The molecule has 0 saturated heterocycles. The molecule has 0 aliphatic carbocycles. The number of aromatic amines is 2. The van der Waals surface area contributed by atoms with Crippen LogP contribution in [0.4, 0.5) is 0 Å². The number of aliphatic hydroxyl groups is 1. The van der Waals surface area contributed by atoms with Crippen molar-refractivity contribution in [1.82, 2.24) is 9.97 Å². The zero-order valence-corrected chi connectivity index (χ0v) is 13.3. The lowest BCUT2D eigenvalue weighted by Gasteiger charge is -2.09. The first kappa shape index (κ1) is 14.2. The maximum Gasteiger partial charge on any atom is 0.314 e. The molecule has 3 N–H and O–H groups in total. The summed E-state index contributed by atoms with van der Waals surface area (Å²) in [6.07, 6.45) is -0.778. The number of nitrogens with one attached hydrogen (secondary N) is 2. The van der Waals surface area contributed by atoms with Crippen LogP contribution < -0.4 is 11.1 Å². The Morgan fingerprint density at radius 1 is 1.14 bits per heavy atom.